The van der Waals surface area contributed by atoms with Crippen molar-refractivity contribution in [3.8, 4) is 22.4 Å². The number of nitrogens with zero attached hydrogens (tertiary/aromatic N) is 2. The molecule has 2 aromatic carbocycles. The van der Waals surface area contributed by atoms with Crippen LogP contribution in [-0.2, 0) is 7.05 Å². The van der Waals surface area contributed by atoms with Gasteiger partial charge in [-0.15, -0.1) is 0 Å². The van der Waals surface area contributed by atoms with Gasteiger partial charge in [-0.2, -0.15) is 5.10 Å². The number of aromatic nitrogens is 2. The number of halogens is 5. The van der Waals surface area contributed by atoms with Gasteiger partial charge < -0.3 is 5.73 Å². The van der Waals surface area contributed by atoms with E-state index >= 15 is 0 Å². The highest BCUT2D eigenvalue weighted by molar-refractivity contribution is 6.43. The highest BCUT2D eigenvalue weighted by Crippen LogP contribution is 2.42. The summed E-state index contributed by atoms with van der Waals surface area (Å²) in [5.74, 6) is -1.89. The molecule has 0 saturated heterocycles. The van der Waals surface area contributed by atoms with Crippen LogP contribution in [0.2, 0.25) is 10.0 Å². The number of aryl methyl sites for hydroxylation is 1. The van der Waals surface area contributed by atoms with Crippen LogP contribution in [0.4, 0.5) is 13.2 Å². The lowest BCUT2D eigenvalue weighted by atomic mass is 9.94. The summed E-state index contributed by atoms with van der Waals surface area (Å²) in [5, 5.41) is 4.05. The van der Waals surface area contributed by atoms with Crippen molar-refractivity contribution in [1.82, 2.24) is 9.78 Å². The second kappa shape index (κ2) is 7.25. The molecule has 1 amide bonds. The van der Waals surface area contributed by atoms with Crippen LogP contribution in [0.3, 0.4) is 0 Å². The van der Waals surface area contributed by atoms with Gasteiger partial charge in [0.05, 0.1) is 21.3 Å². The zero-order chi connectivity index (χ0) is 19.9. The Morgan fingerprint density at radius 1 is 1.15 bits per heavy atom. The third-order valence-electron chi connectivity index (χ3n) is 4.02. The minimum Gasteiger partial charge on any atom is -0.365 e. The number of carbonyl (C=O) groups excluding carboxylic acids is 1. The summed E-state index contributed by atoms with van der Waals surface area (Å²) < 4.78 is 42.5. The van der Waals surface area contributed by atoms with Gasteiger partial charge in [-0.05, 0) is 17.7 Å². The van der Waals surface area contributed by atoms with Crippen molar-refractivity contribution in [2.24, 2.45) is 12.8 Å². The lowest BCUT2D eigenvalue weighted by Crippen LogP contribution is -2.15. The molecular formula is C18H12Cl2F3N3O. The number of hydrogen-bond donors (Lipinski definition) is 1. The van der Waals surface area contributed by atoms with Crippen molar-refractivity contribution in [3.63, 3.8) is 0 Å². The average molecular weight is 414 g/mol. The van der Waals surface area contributed by atoms with E-state index in [1.807, 2.05) is 0 Å². The van der Waals surface area contributed by atoms with Crippen LogP contribution in [0, 0.1) is 5.82 Å². The molecule has 1 heterocycles. The van der Waals surface area contributed by atoms with Gasteiger partial charge in [-0.25, -0.2) is 13.2 Å². The molecule has 0 radical (unpaired) electrons. The van der Waals surface area contributed by atoms with Crippen molar-refractivity contribution >= 4 is 29.1 Å². The number of rotatable bonds is 4. The molecule has 0 unspecified atom stereocenters. The predicted molar refractivity (Wildman–Crippen MR) is 97.5 cm³/mol. The molecule has 0 bridgehead atoms. The Kier molecular flexibility index (Phi) is 5.17. The first-order valence-corrected chi connectivity index (χ1v) is 8.37. The molecule has 27 heavy (non-hydrogen) atoms. The fraction of sp³-hybridized carbons (Fsp3) is 0.111. The highest BCUT2D eigenvalue weighted by atomic mass is 35.5. The van der Waals surface area contributed by atoms with Gasteiger partial charge >= 0.3 is 0 Å². The Hall–Kier alpha value is -2.51. The Bertz CT molecular complexity index is 1050. The monoisotopic (exact) mass is 413 g/mol. The van der Waals surface area contributed by atoms with Crippen LogP contribution in [0.5, 0.6) is 0 Å². The largest absolute Gasteiger partial charge is 0.365 e. The normalized spacial score (nSPS) is 11.2. The molecule has 0 aliphatic heterocycles. The van der Waals surface area contributed by atoms with Gasteiger partial charge in [-0.3, -0.25) is 9.48 Å². The fourth-order valence-electron chi connectivity index (χ4n) is 2.93. The number of carbonyl (C=O) groups is 1. The minimum atomic E-state index is -3.06. The first-order chi connectivity index (χ1) is 12.7. The lowest BCUT2D eigenvalue weighted by Gasteiger charge is -2.14. The SMILES string of the molecule is Cn1nc(C(F)F)c(C(N)=O)c1-c1c(F)cccc1-c1cccc(Cl)c1Cl. The van der Waals surface area contributed by atoms with Crippen LogP contribution in [-0.4, -0.2) is 15.7 Å². The van der Waals surface area contributed by atoms with Gasteiger partial charge in [0.1, 0.15) is 11.5 Å². The fourth-order valence-corrected chi connectivity index (χ4v) is 3.33. The second-order valence-corrected chi connectivity index (χ2v) is 6.45. The van der Waals surface area contributed by atoms with E-state index < -0.39 is 29.4 Å². The molecule has 4 nitrogen and oxygen atoms in total. The summed E-state index contributed by atoms with van der Waals surface area (Å²) in [4.78, 5) is 11.9. The molecule has 140 valence electrons. The van der Waals surface area contributed by atoms with E-state index in [1.165, 1.54) is 19.2 Å². The number of nitrogens with two attached hydrogens (primary N) is 1. The number of amides is 1. The van der Waals surface area contributed by atoms with Crippen LogP contribution >= 0.6 is 23.2 Å². The summed E-state index contributed by atoms with van der Waals surface area (Å²) in [7, 11) is 1.32. The van der Waals surface area contributed by atoms with Gasteiger partial charge in [-0.1, -0.05) is 47.5 Å². The summed E-state index contributed by atoms with van der Waals surface area (Å²) in [6, 6.07) is 8.87. The summed E-state index contributed by atoms with van der Waals surface area (Å²) in [6.45, 7) is 0. The van der Waals surface area contributed by atoms with Crippen LogP contribution in [0.15, 0.2) is 36.4 Å². The summed E-state index contributed by atoms with van der Waals surface area (Å²) in [5.41, 5.74) is 4.28. The number of primary amides is 1. The van der Waals surface area contributed by atoms with Gasteiger partial charge in [0.2, 0.25) is 0 Å². The molecule has 0 spiro atoms. The zero-order valence-corrected chi connectivity index (χ0v) is 15.3. The van der Waals surface area contributed by atoms with Crippen molar-refractivity contribution in [2.75, 3.05) is 0 Å². The van der Waals surface area contributed by atoms with E-state index in [9.17, 15) is 18.0 Å². The van der Waals surface area contributed by atoms with Crippen molar-refractivity contribution in [1.29, 1.82) is 0 Å². The summed E-state index contributed by atoms with van der Waals surface area (Å²) in [6.07, 6.45) is -3.06. The van der Waals surface area contributed by atoms with Crippen molar-refractivity contribution < 1.29 is 18.0 Å². The van der Waals surface area contributed by atoms with E-state index in [1.54, 1.807) is 18.2 Å². The van der Waals surface area contributed by atoms with E-state index in [2.05, 4.69) is 5.10 Å². The maximum Gasteiger partial charge on any atom is 0.282 e. The minimum absolute atomic E-state index is 0.127. The number of hydrogen-bond acceptors (Lipinski definition) is 2. The first-order valence-electron chi connectivity index (χ1n) is 7.62. The lowest BCUT2D eigenvalue weighted by molar-refractivity contribution is 0.0985. The number of alkyl halides is 2. The molecule has 1 aromatic heterocycles. The van der Waals surface area contributed by atoms with Crippen molar-refractivity contribution in [3.05, 3.63) is 63.5 Å². The standard InChI is InChI=1S/C18H12Cl2F3N3O/c1-26-16(13(18(24)27)15(25-26)17(22)23)12-8(4-3-7-11(12)21)9-5-2-6-10(19)14(9)20/h2-7,17H,1H3,(H2,24,27). The van der Waals surface area contributed by atoms with Crippen molar-refractivity contribution in [2.45, 2.75) is 6.43 Å². The maximum absolute atomic E-state index is 14.8. The van der Waals surface area contributed by atoms with Crippen LogP contribution in [0.25, 0.3) is 22.4 Å². The molecule has 0 atom stereocenters. The Morgan fingerprint density at radius 2 is 1.78 bits per heavy atom. The predicted octanol–water partition coefficient (Wildman–Crippen LogP) is 5.24. The molecule has 0 aliphatic carbocycles. The van der Waals surface area contributed by atoms with E-state index in [-0.39, 0.29) is 26.9 Å². The Balaban J connectivity index is 2.41. The quantitative estimate of drug-likeness (QED) is 0.635. The highest BCUT2D eigenvalue weighted by Gasteiger charge is 2.30. The molecule has 0 fully saturated rings. The van der Waals surface area contributed by atoms with Gasteiger partial charge in [0.15, 0.2) is 0 Å². The topological polar surface area (TPSA) is 60.9 Å². The second-order valence-electron chi connectivity index (χ2n) is 5.66. The third-order valence-corrected chi connectivity index (χ3v) is 4.84. The Morgan fingerprint density at radius 3 is 2.41 bits per heavy atom. The van der Waals surface area contributed by atoms with Gasteiger partial charge in [0.25, 0.3) is 12.3 Å². The molecule has 2 N–H and O–H groups in total. The molecule has 3 aromatic rings. The smallest absolute Gasteiger partial charge is 0.282 e. The number of benzene rings is 2. The van der Waals surface area contributed by atoms with E-state index in [0.717, 1.165) is 10.7 Å². The van der Waals surface area contributed by atoms with E-state index in [0.29, 0.717) is 5.56 Å². The summed E-state index contributed by atoms with van der Waals surface area (Å²) >= 11 is 12.3. The Labute approximate surface area is 162 Å². The molecule has 9 heteroatoms. The first kappa shape index (κ1) is 19.3. The third kappa shape index (κ3) is 3.28. The molecule has 0 aliphatic rings. The van der Waals surface area contributed by atoms with Gasteiger partial charge in [0, 0.05) is 18.2 Å². The average Bonchev–Trinajstić information content (AvgIpc) is 2.95. The molecular weight excluding hydrogens is 402 g/mol. The molecule has 3 rings (SSSR count). The maximum atomic E-state index is 14.8. The zero-order valence-electron chi connectivity index (χ0n) is 13.8. The van der Waals surface area contributed by atoms with E-state index in [4.69, 9.17) is 28.9 Å². The van der Waals surface area contributed by atoms with Crippen LogP contribution < -0.4 is 5.73 Å². The molecule has 0 saturated carbocycles. The van der Waals surface area contributed by atoms with Crippen LogP contribution in [0.1, 0.15) is 22.5 Å².